The standard InChI is InChI=1S/C10H9NO2/c1-2-11(8-12)10(13)9-6-4-3-5-7-9/h2-8H,1H2. The Hall–Kier alpha value is -1.90. The summed E-state index contributed by atoms with van der Waals surface area (Å²) in [7, 11) is 0. The van der Waals surface area contributed by atoms with Crippen molar-refractivity contribution < 1.29 is 9.59 Å². The van der Waals surface area contributed by atoms with Crippen LogP contribution in [0.4, 0.5) is 0 Å². The molecule has 0 aromatic heterocycles. The molecular weight excluding hydrogens is 166 g/mol. The lowest BCUT2D eigenvalue weighted by Gasteiger charge is -2.08. The maximum Gasteiger partial charge on any atom is 0.264 e. The van der Waals surface area contributed by atoms with E-state index in [1.165, 1.54) is 6.20 Å². The van der Waals surface area contributed by atoms with E-state index in [0.717, 1.165) is 4.90 Å². The fraction of sp³-hybridized carbons (Fsp3) is 0. The highest BCUT2D eigenvalue weighted by Gasteiger charge is 2.10. The molecule has 0 saturated heterocycles. The molecule has 0 spiro atoms. The Labute approximate surface area is 76.3 Å². The van der Waals surface area contributed by atoms with Gasteiger partial charge >= 0.3 is 0 Å². The Morgan fingerprint density at radius 2 is 1.92 bits per heavy atom. The minimum absolute atomic E-state index is 0.370. The number of amides is 2. The Balaban J connectivity index is 2.90. The lowest BCUT2D eigenvalue weighted by molar-refractivity contribution is -0.114. The molecule has 0 saturated carbocycles. The number of rotatable bonds is 3. The van der Waals surface area contributed by atoms with E-state index in [9.17, 15) is 9.59 Å². The molecule has 2 amide bonds. The first-order valence-corrected chi connectivity index (χ1v) is 3.75. The SMILES string of the molecule is C=CN(C=O)C(=O)c1ccccc1. The van der Waals surface area contributed by atoms with Crippen molar-refractivity contribution in [3.63, 3.8) is 0 Å². The van der Waals surface area contributed by atoms with E-state index in [1.54, 1.807) is 30.3 Å². The smallest absolute Gasteiger partial charge is 0.264 e. The van der Waals surface area contributed by atoms with Gasteiger partial charge in [-0.2, -0.15) is 0 Å². The van der Waals surface area contributed by atoms with Gasteiger partial charge in [0.05, 0.1) is 0 Å². The van der Waals surface area contributed by atoms with Gasteiger partial charge in [0.25, 0.3) is 5.91 Å². The zero-order valence-corrected chi connectivity index (χ0v) is 7.01. The van der Waals surface area contributed by atoms with Gasteiger partial charge in [-0.3, -0.25) is 14.5 Å². The number of nitrogens with zero attached hydrogens (tertiary/aromatic N) is 1. The number of carbonyl (C=O) groups excluding carboxylic acids is 2. The lowest BCUT2D eigenvalue weighted by Crippen LogP contribution is -2.23. The molecular formula is C10H9NO2. The molecule has 66 valence electrons. The van der Waals surface area contributed by atoms with Gasteiger partial charge in [-0.25, -0.2) is 0 Å². The summed E-state index contributed by atoms with van der Waals surface area (Å²) in [5.41, 5.74) is 0.467. The first kappa shape index (κ1) is 9.19. The molecule has 3 heteroatoms. The van der Waals surface area contributed by atoms with E-state index in [2.05, 4.69) is 6.58 Å². The summed E-state index contributed by atoms with van der Waals surface area (Å²) >= 11 is 0. The van der Waals surface area contributed by atoms with Crippen LogP contribution in [0.5, 0.6) is 0 Å². The van der Waals surface area contributed by atoms with Gasteiger partial charge in [0, 0.05) is 11.8 Å². The average Bonchev–Trinajstić information content (AvgIpc) is 2.21. The maximum atomic E-state index is 11.4. The fourth-order valence-electron chi connectivity index (χ4n) is 0.904. The van der Waals surface area contributed by atoms with Gasteiger partial charge in [0.15, 0.2) is 0 Å². The average molecular weight is 175 g/mol. The van der Waals surface area contributed by atoms with Crippen LogP contribution in [-0.2, 0) is 4.79 Å². The van der Waals surface area contributed by atoms with Crippen molar-refractivity contribution in [2.75, 3.05) is 0 Å². The van der Waals surface area contributed by atoms with Crippen LogP contribution in [0.3, 0.4) is 0 Å². The molecule has 0 bridgehead atoms. The molecule has 3 nitrogen and oxygen atoms in total. The molecule has 0 fully saturated rings. The minimum atomic E-state index is -0.370. The highest BCUT2D eigenvalue weighted by molar-refractivity contribution is 6.00. The molecule has 0 aliphatic carbocycles. The van der Waals surface area contributed by atoms with E-state index in [4.69, 9.17) is 0 Å². The normalized spacial score (nSPS) is 8.92. The van der Waals surface area contributed by atoms with Crippen LogP contribution in [0, 0.1) is 0 Å². The summed E-state index contributed by atoms with van der Waals surface area (Å²) in [5, 5.41) is 0. The van der Waals surface area contributed by atoms with Crippen molar-refractivity contribution in [2.45, 2.75) is 0 Å². The third-order valence-electron chi connectivity index (χ3n) is 1.57. The summed E-state index contributed by atoms with van der Waals surface area (Å²) in [6, 6.07) is 8.55. The van der Waals surface area contributed by atoms with Crippen LogP contribution in [0.15, 0.2) is 43.1 Å². The highest BCUT2D eigenvalue weighted by atomic mass is 16.2. The monoisotopic (exact) mass is 175 g/mol. The third-order valence-corrected chi connectivity index (χ3v) is 1.57. The van der Waals surface area contributed by atoms with Crippen molar-refractivity contribution in [2.24, 2.45) is 0 Å². The Morgan fingerprint density at radius 3 is 2.38 bits per heavy atom. The molecule has 0 aliphatic heterocycles. The van der Waals surface area contributed by atoms with Crippen molar-refractivity contribution in [3.05, 3.63) is 48.7 Å². The zero-order valence-electron chi connectivity index (χ0n) is 7.01. The first-order valence-electron chi connectivity index (χ1n) is 3.75. The van der Waals surface area contributed by atoms with E-state index in [1.807, 2.05) is 0 Å². The topological polar surface area (TPSA) is 37.4 Å². The number of carbonyl (C=O) groups is 2. The third kappa shape index (κ3) is 2.02. The summed E-state index contributed by atoms with van der Waals surface area (Å²) in [6.07, 6.45) is 1.62. The van der Waals surface area contributed by atoms with Crippen molar-refractivity contribution >= 4 is 12.3 Å². The molecule has 0 atom stereocenters. The van der Waals surface area contributed by atoms with E-state index in [0.29, 0.717) is 12.0 Å². The molecule has 0 radical (unpaired) electrons. The second kappa shape index (κ2) is 4.21. The molecule has 0 N–H and O–H groups in total. The van der Waals surface area contributed by atoms with E-state index >= 15 is 0 Å². The van der Waals surface area contributed by atoms with Crippen LogP contribution < -0.4 is 0 Å². The molecule has 1 rings (SSSR count). The maximum absolute atomic E-state index is 11.4. The van der Waals surface area contributed by atoms with Gasteiger partial charge in [-0.05, 0) is 12.1 Å². The molecule has 0 unspecified atom stereocenters. The Morgan fingerprint density at radius 1 is 1.31 bits per heavy atom. The van der Waals surface area contributed by atoms with Gasteiger partial charge < -0.3 is 0 Å². The summed E-state index contributed by atoms with van der Waals surface area (Å²) in [6.45, 7) is 3.35. The van der Waals surface area contributed by atoms with Gasteiger partial charge in [-0.1, -0.05) is 24.8 Å². The van der Waals surface area contributed by atoms with Gasteiger partial charge in [-0.15, -0.1) is 0 Å². The second-order valence-corrected chi connectivity index (χ2v) is 2.37. The van der Waals surface area contributed by atoms with Gasteiger partial charge in [0.1, 0.15) is 0 Å². The van der Waals surface area contributed by atoms with E-state index in [-0.39, 0.29) is 5.91 Å². The Kier molecular flexibility index (Phi) is 2.97. The number of hydrogen-bond donors (Lipinski definition) is 0. The molecule has 13 heavy (non-hydrogen) atoms. The largest absolute Gasteiger partial charge is 0.278 e. The van der Waals surface area contributed by atoms with Crippen molar-refractivity contribution in [3.8, 4) is 0 Å². The van der Waals surface area contributed by atoms with Crippen molar-refractivity contribution in [1.82, 2.24) is 4.90 Å². The lowest BCUT2D eigenvalue weighted by atomic mass is 10.2. The van der Waals surface area contributed by atoms with Crippen molar-refractivity contribution in [1.29, 1.82) is 0 Å². The molecule has 0 aliphatic rings. The minimum Gasteiger partial charge on any atom is -0.278 e. The highest BCUT2D eigenvalue weighted by Crippen LogP contribution is 2.02. The number of benzene rings is 1. The number of hydrogen-bond acceptors (Lipinski definition) is 2. The van der Waals surface area contributed by atoms with Crippen LogP contribution >= 0.6 is 0 Å². The van der Waals surface area contributed by atoms with Crippen LogP contribution in [0.25, 0.3) is 0 Å². The fourth-order valence-corrected chi connectivity index (χ4v) is 0.904. The van der Waals surface area contributed by atoms with Crippen LogP contribution in [0.2, 0.25) is 0 Å². The number of imide groups is 1. The molecule has 0 heterocycles. The quantitative estimate of drug-likeness (QED) is 0.651. The Bertz CT molecular complexity index is 311. The first-order chi connectivity index (χ1) is 6.29. The summed E-state index contributed by atoms with van der Waals surface area (Å²) in [4.78, 5) is 22.7. The molecule has 1 aromatic carbocycles. The van der Waals surface area contributed by atoms with Crippen LogP contribution in [0.1, 0.15) is 10.4 Å². The summed E-state index contributed by atoms with van der Waals surface area (Å²) < 4.78 is 0. The summed E-state index contributed by atoms with van der Waals surface area (Å²) in [5.74, 6) is -0.370. The predicted octanol–water partition coefficient (Wildman–Crippen LogP) is 1.43. The predicted molar refractivity (Wildman–Crippen MR) is 48.9 cm³/mol. The second-order valence-electron chi connectivity index (χ2n) is 2.37. The zero-order chi connectivity index (χ0) is 9.68. The molecule has 1 aromatic rings. The van der Waals surface area contributed by atoms with Crippen LogP contribution in [-0.4, -0.2) is 17.2 Å². The van der Waals surface area contributed by atoms with E-state index < -0.39 is 0 Å². The van der Waals surface area contributed by atoms with Gasteiger partial charge in [0.2, 0.25) is 6.41 Å².